The smallest absolute Gasteiger partial charge is 0.272 e. The lowest BCUT2D eigenvalue weighted by atomic mass is 9.87. The van der Waals surface area contributed by atoms with Crippen LogP contribution in [-0.4, -0.2) is 50.5 Å². The van der Waals surface area contributed by atoms with Crippen molar-refractivity contribution in [3.05, 3.63) is 47.5 Å². The van der Waals surface area contributed by atoms with Crippen LogP contribution in [0, 0.1) is 12.8 Å². The molecule has 4 rings (SSSR count). The van der Waals surface area contributed by atoms with E-state index < -0.39 is 0 Å². The molecule has 1 aliphatic heterocycles. The first-order valence-corrected chi connectivity index (χ1v) is 10.1. The van der Waals surface area contributed by atoms with Crippen molar-refractivity contribution in [2.75, 3.05) is 13.1 Å². The second-order valence-corrected chi connectivity index (χ2v) is 8.02. The number of carbonyl (C=O) groups excluding carboxylic acids is 2. The number of hydrogen-bond donors (Lipinski definition) is 2. The molecule has 0 unspecified atom stereocenters. The number of aryl methyl sites for hydroxylation is 2. The number of aromatic nitrogens is 3. The molecule has 1 saturated heterocycles. The molecular weight excluding hydrogens is 354 g/mol. The average Bonchev–Trinajstić information content (AvgIpc) is 3.38. The number of carbonyl (C=O) groups is 2. The van der Waals surface area contributed by atoms with E-state index in [1.807, 2.05) is 30.0 Å². The summed E-state index contributed by atoms with van der Waals surface area (Å²) in [4.78, 5) is 31.3. The quantitative estimate of drug-likeness (QED) is 0.803. The minimum absolute atomic E-state index is 0.0256. The average molecular weight is 381 g/mol. The van der Waals surface area contributed by atoms with Crippen LogP contribution in [-0.2, 0) is 11.2 Å². The number of rotatable bonds is 6. The zero-order valence-corrected chi connectivity index (χ0v) is 16.3. The second-order valence-electron chi connectivity index (χ2n) is 8.02. The van der Waals surface area contributed by atoms with Crippen LogP contribution < -0.4 is 5.32 Å². The Kier molecular flexibility index (Phi) is 5.15. The van der Waals surface area contributed by atoms with Gasteiger partial charge in [-0.2, -0.15) is 5.10 Å². The molecule has 0 spiro atoms. The highest BCUT2D eigenvalue weighted by atomic mass is 16.2. The highest BCUT2D eigenvalue weighted by Gasteiger charge is 2.51. The van der Waals surface area contributed by atoms with Gasteiger partial charge < -0.3 is 10.2 Å². The molecular formula is C21H27N5O2. The van der Waals surface area contributed by atoms with Gasteiger partial charge in [0.25, 0.3) is 5.91 Å². The molecule has 3 heterocycles. The van der Waals surface area contributed by atoms with Crippen molar-refractivity contribution >= 4 is 11.8 Å². The van der Waals surface area contributed by atoms with Crippen LogP contribution in [0.1, 0.15) is 53.8 Å². The lowest BCUT2D eigenvalue weighted by molar-refractivity contribution is -0.122. The molecule has 2 aromatic heterocycles. The fourth-order valence-corrected chi connectivity index (χ4v) is 4.25. The summed E-state index contributed by atoms with van der Waals surface area (Å²) in [5, 5.41) is 10.1. The van der Waals surface area contributed by atoms with Crippen LogP contribution in [0.4, 0.5) is 0 Å². The summed E-state index contributed by atoms with van der Waals surface area (Å²) < 4.78 is 0. The van der Waals surface area contributed by atoms with Crippen LogP contribution >= 0.6 is 0 Å². The van der Waals surface area contributed by atoms with Crippen molar-refractivity contribution in [1.82, 2.24) is 25.4 Å². The van der Waals surface area contributed by atoms with Gasteiger partial charge in [-0.15, -0.1) is 0 Å². The van der Waals surface area contributed by atoms with Gasteiger partial charge in [0, 0.05) is 36.9 Å². The van der Waals surface area contributed by atoms with Crippen molar-refractivity contribution in [3.63, 3.8) is 0 Å². The summed E-state index contributed by atoms with van der Waals surface area (Å²) in [7, 11) is 0. The van der Waals surface area contributed by atoms with E-state index in [9.17, 15) is 9.59 Å². The summed E-state index contributed by atoms with van der Waals surface area (Å²) >= 11 is 0. The molecule has 0 radical (unpaired) electrons. The number of H-pyrrole nitrogens is 1. The summed E-state index contributed by atoms with van der Waals surface area (Å²) in [5.74, 6) is 0.575. The molecule has 2 amide bonds. The number of pyridine rings is 1. The molecule has 2 aliphatic rings. The van der Waals surface area contributed by atoms with E-state index in [1.165, 1.54) is 0 Å². The SMILES string of the molecule is Cc1cn[nH]c1C(=O)N1CCC(C2(NC(=O)CCc3ccccn3)CC2)CC1. The third kappa shape index (κ3) is 3.93. The Balaban J connectivity index is 1.27. The predicted molar refractivity (Wildman–Crippen MR) is 105 cm³/mol. The Morgan fingerprint density at radius 1 is 1.29 bits per heavy atom. The first-order valence-electron chi connectivity index (χ1n) is 10.1. The Hall–Kier alpha value is -2.70. The monoisotopic (exact) mass is 381 g/mol. The molecule has 0 bridgehead atoms. The first kappa shape index (κ1) is 18.7. The van der Waals surface area contributed by atoms with Gasteiger partial charge in [0.1, 0.15) is 5.69 Å². The van der Waals surface area contributed by atoms with Gasteiger partial charge in [0.15, 0.2) is 0 Å². The summed E-state index contributed by atoms with van der Waals surface area (Å²) in [6.45, 7) is 3.35. The molecule has 28 heavy (non-hydrogen) atoms. The number of hydrogen-bond acceptors (Lipinski definition) is 4. The van der Waals surface area contributed by atoms with Gasteiger partial charge in [-0.3, -0.25) is 19.7 Å². The molecule has 148 valence electrons. The molecule has 1 aliphatic carbocycles. The maximum Gasteiger partial charge on any atom is 0.272 e. The van der Waals surface area contributed by atoms with Crippen LogP contribution in [0.25, 0.3) is 0 Å². The van der Waals surface area contributed by atoms with Gasteiger partial charge in [0.2, 0.25) is 5.91 Å². The largest absolute Gasteiger partial charge is 0.350 e. The predicted octanol–water partition coefficient (Wildman–Crippen LogP) is 2.25. The van der Waals surface area contributed by atoms with Gasteiger partial charge in [0.05, 0.1) is 6.20 Å². The summed E-state index contributed by atoms with van der Waals surface area (Å²) in [6.07, 6.45) is 8.52. The van der Waals surface area contributed by atoms with E-state index in [0.29, 0.717) is 24.5 Å². The van der Waals surface area contributed by atoms with E-state index >= 15 is 0 Å². The molecule has 2 fully saturated rings. The second kappa shape index (κ2) is 7.73. The molecule has 0 atom stereocenters. The van der Waals surface area contributed by atoms with Gasteiger partial charge in [-0.05, 0) is 62.6 Å². The highest BCUT2D eigenvalue weighted by molar-refractivity contribution is 5.93. The van der Waals surface area contributed by atoms with E-state index in [4.69, 9.17) is 0 Å². The Morgan fingerprint density at radius 3 is 2.68 bits per heavy atom. The standard InChI is InChI=1S/C21H27N5O2/c1-15-14-23-25-19(15)20(28)26-12-7-16(8-13-26)21(9-10-21)24-18(27)6-5-17-4-2-3-11-22-17/h2-4,11,14,16H,5-10,12-13H2,1H3,(H,23,25)(H,24,27). The molecule has 7 heteroatoms. The van der Waals surface area contributed by atoms with Crippen molar-refractivity contribution in [3.8, 4) is 0 Å². The maximum absolute atomic E-state index is 12.6. The van der Waals surface area contributed by atoms with Gasteiger partial charge >= 0.3 is 0 Å². The van der Waals surface area contributed by atoms with Gasteiger partial charge in [-0.25, -0.2) is 0 Å². The third-order valence-corrected chi connectivity index (χ3v) is 6.12. The number of likely N-dealkylation sites (tertiary alicyclic amines) is 1. The highest BCUT2D eigenvalue weighted by Crippen LogP contribution is 2.46. The van der Waals surface area contributed by atoms with Crippen LogP contribution in [0.3, 0.4) is 0 Å². The third-order valence-electron chi connectivity index (χ3n) is 6.12. The number of piperidine rings is 1. The van der Waals surface area contributed by atoms with E-state index in [-0.39, 0.29) is 17.4 Å². The van der Waals surface area contributed by atoms with Crippen molar-refractivity contribution < 1.29 is 9.59 Å². The van der Waals surface area contributed by atoms with Crippen LogP contribution in [0.2, 0.25) is 0 Å². The fraction of sp³-hybridized carbons (Fsp3) is 0.524. The lowest BCUT2D eigenvalue weighted by Crippen LogP contribution is -2.48. The van der Waals surface area contributed by atoms with Crippen molar-refractivity contribution in [1.29, 1.82) is 0 Å². The van der Waals surface area contributed by atoms with E-state index in [0.717, 1.165) is 50.0 Å². The van der Waals surface area contributed by atoms with Gasteiger partial charge in [-0.1, -0.05) is 6.07 Å². The number of nitrogens with zero attached hydrogens (tertiary/aromatic N) is 3. The zero-order chi connectivity index (χ0) is 19.6. The number of aromatic amines is 1. The Morgan fingerprint density at radius 2 is 2.07 bits per heavy atom. The van der Waals surface area contributed by atoms with Crippen LogP contribution in [0.5, 0.6) is 0 Å². The molecule has 1 saturated carbocycles. The number of amides is 2. The van der Waals surface area contributed by atoms with E-state index in [1.54, 1.807) is 12.4 Å². The molecule has 2 N–H and O–H groups in total. The first-order chi connectivity index (χ1) is 13.6. The number of nitrogens with one attached hydrogen (secondary N) is 2. The molecule has 2 aromatic rings. The van der Waals surface area contributed by atoms with E-state index in [2.05, 4.69) is 20.5 Å². The zero-order valence-electron chi connectivity index (χ0n) is 16.3. The summed E-state index contributed by atoms with van der Waals surface area (Å²) in [5.41, 5.74) is 2.36. The van der Waals surface area contributed by atoms with Crippen molar-refractivity contribution in [2.45, 2.75) is 51.0 Å². The Bertz CT molecular complexity index is 835. The normalized spacial score (nSPS) is 18.7. The molecule has 0 aromatic carbocycles. The maximum atomic E-state index is 12.6. The minimum Gasteiger partial charge on any atom is -0.350 e. The lowest BCUT2D eigenvalue weighted by Gasteiger charge is -2.36. The minimum atomic E-state index is -0.0553. The van der Waals surface area contributed by atoms with Crippen LogP contribution in [0.15, 0.2) is 30.6 Å². The van der Waals surface area contributed by atoms with Crippen molar-refractivity contribution in [2.24, 2.45) is 5.92 Å². The fourth-order valence-electron chi connectivity index (χ4n) is 4.25. The Labute approximate surface area is 164 Å². The summed E-state index contributed by atoms with van der Waals surface area (Å²) in [6, 6.07) is 5.78. The molecule has 7 nitrogen and oxygen atoms in total. The topological polar surface area (TPSA) is 91.0 Å².